The zero-order valence-electron chi connectivity index (χ0n) is 19.0. The number of allylic oxidation sites excluding steroid dienone is 1. The maximum Gasteiger partial charge on any atom is 0.260 e. The highest BCUT2D eigenvalue weighted by Gasteiger charge is 2.21. The Kier molecular flexibility index (Phi) is 8.93. The van der Waals surface area contributed by atoms with Crippen molar-refractivity contribution in [1.29, 1.82) is 0 Å². The maximum atomic E-state index is 13.3. The van der Waals surface area contributed by atoms with Gasteiger partial charge in [-0.25, -0.2) is 8.78 Å². The summed E-state index contributed by atoms with van der Waals surface area (Å²) in [7, 11) is 0. The summed E-state index contributed by atoms with van der Waals surface area (Å²) in [6, 6.07) is 8.16. The molecule has 0 aliphatic rings. The lowest BCUT2D eigenvalue weighted by Gasteiger charge is -2.30. The van der Waals surface area contributed by atoms with Crippen LogP contribution in [0.4, 0.5) is 8.78 Å². The first-order valence-corrected chi connectivity index (χ1v) is 10.5. The van der Waals surface area contributed by atoms with Crippen molar-refractivity contribution >= 4 is 17.8 Å². The maximum absolute atomic E-state index is 13.3. The molecule has 2 aromatic carbocycles. The first-order chi connectivity index (χ1) is 15.1. The van der Waals surface area contributed by atoms with Crippen molar-refractivity contribution in [3.05, 3.63) is 65.2 Å². The molecule has 2 aromatic rings. The van der Waals surface area contributed by atoms with Gasteiger partial charge >= 0.3 is 0 Å². The molecule has 0 radical (unpaired) electrons. The quantitative estimate of drug-likeness (QED) is 0.369. The molecule has 0 atom stereocenters. The molecular formula is C25H29F2NO4. The van der Waals surface area contributed by atoms with Crippen molar-refractivity contribution < 1.29 is 27.8 Å². The molecule has 0 unspecified atom stereocenters. The number of hydrogen-bond acceptors (Lipinski definition) is 4. The van der Waals surface area contributed by atoms with Crippen LogP contribution in [0.3, 0.4) is 0 Å². The standard InChI is InChI=1S/C25H29F2NO4/c1-6-31-24-13-18(7-11-22(29)19-9-10-20(26)21(27)14-19)8-12-23(24)32-15-25(30)28(16(2)3)17(4)5/h7-14,16-17H,6,15H2,1-5H3/b11-7+. The molecule has 0 heterocycles. The van der Waals surface area contributed by atoms with Crippen LogP contribution in [0.1, 0.15) is 50.5 Å². The third-order valence-electron chi connectivity index (χ3n) is 4.65. The van der Waals surface area contributed by atoms with Crippen LogP contribution in [0, 0.1) is 11.6 Å². The number of halogens is 2. The fourth-order valence-electron chi connectivity index (χ4n) is 3.32. The third-order valence-corrected chi connectivity index (χ3v) is 4.65. The van der Waals surface area contributed by atoms with Gasteiger partial charge in [-0.05, 0) is 76.6 Å². The van der Waals surface area contributed by atoms with Crippen LogP contribution in [0.15, 0.2) is 42.5 Å². The summed E-state index contributed by atoms with van der Waals surface area (Å²) in [5, 5.41) is 0. The van der Waals surface area contributed by atoms with Gasteiger partial charge in [0.15, 0.2) is 35.5 Å². The summed E-state index contributed by atoms with van der Waals surface area (Å²) in [4.78, 5) is 26.5. The molecule has 1 amide bonds. The molecule has 2 rings (SSSR count). The van der Waals surface area contributed by atoms with E-state index in [4.69, 9.17) is 9.47 Å². The number of hydrogen-bond donors (Lipinski definition) is 0. The lowest BCUT2D eigenvalue weighted by atomic mass is 10.1. The summed E-state index contributed by atoms with van der Waals surface area (Å²) in [6.45, 7) is 9.88. The van der Waals surface area contributed by atoms with Crippen molar-refractivity contribution in [3.63, 3.8) is 0 Å². The zero-order chi connectivity index (χ0) is 23.8. The van der Waals surface area contributed by atoms with Gasteiger partial charge in [0.1, 0.15) is 0 Å². The van der Waals surface area contributed by atoms with E-state index in [9.17, 15) is 18.4 Å². The summed E-state index contributed by atoms with van der Waals surface area (Å²) < 4.78 is 37.7. The van der Waals surface area contributed by atoms with Crippen molar-refractivity contribution in [2.75, 3.05) is 13.2 Å². The average Bonchev–Trinajstić information content (AvgIpc) is 2.73. The Morgan fingerprint density at radius 2 is 1.62 bits per heavy atom. The predicted octanol–water partition coefficient (Wildman–Crippen LogP) is 5.28. The van der Waals surface area contributed by atoms with Gasteiger partial charge < -0.3 is 14.4 Å². The Balaban J connectivity index is 2.14. The molecule has 0 saturated heterocycles. The highest BCUT2D eigenvalue weighted by atomic mass is 19.2. The number of ether oxygens (including phenoxy) is 2. The molecule has 32 heavy (non-hydrogen) atoms. The first kappa shape index (κ1) is 25.0. The minimum atomic E-state index is -1.08. The van der Waals surface area contributed by atoms with Crippen molar-refractivity contribution in [2.45, 2.75) is 46.7 Å². The van der Waals surface area contributed by atoms with Crippen molar-refractivity contribution in [2.24, 2.45) is 0 Å². The average molecular weight is 446 g/mol. The van der Waals surface area contributed by atoms with E-state index in [1.165, 1.54) is 12.1 Å². The van der Waals surface area contributed by atoms with Crippen LogP contribution >= 0.6 is 0 Å². The monoisotopic (exact) mass is 445 g/mol. The lowest BCUT2D eigenvalue weighted by Crippen LogP contribution is -2.44. The lowest BCUT2D eigenvalue weighted by molar-refractivity contribution is -0.137. The number of carbonyl (C=O) groups excluding carboxylic acids is 2. The Morgan fingerprint density at radius 3 is 2.22 bits per heavy atom. The zero-order valence-corrected chi connectivity index (χ0v) is 19.0. The van der Waals surface area contributed by atoms with Crippen LogP contribution in [0.25, 0.3) is 6.08 Å². The van der Waals surface area contributed by atoms with E-state index in [0.29, 0.717) is 23.7 Å². The molecule has 0 spiro atoms. The van der Waals surface area contributed by atoms with E-state index in [-0.39, 0.29) is 30.2 Å². The number of nitrogens with zero attached hydrogens (tertiary/aromatic N) is 1. The second-order valence-corrected chi connectivity index (χ2v) is 7.74. The summed E-state index contributed by atoms with van der Waals surface area (Å²) in [6.07, 6.45) is 2.81. The number of benzene rings is 2. The number of amides is 1. The van der Waals surface area contributed by atoms with E-state index in [1.54, 1.807) is 29.2 Å². The second kappa shape index (κ2) is 11.4. The van der Waals surface area contributed by atoms with Gasteiger partial charge in [0.2, 0.25) is 0 Å². The predicted molar refractivity (Wildman–Crippen MR) is 120 cm³/mol. The minimum Gasteiger partial charge on any atom is -0.490 e. The van der Waals surface area contributed by atoms with Crippen molar-refractivity contribution in [1.82, 2.24) is 4.90 Å². The van der Waals surface area contributed by atoms with Crippen LogP contribution < -0.4 is 9.47 Å². The van der Waals surface area contributed by atoms with Crippen molar-refractivity contribution in [3.8, 4) is 11.5 Å². The minimum absolute atomic E-state index is 0.0449. The molecule has 0 aliphatic heterocycles. The molecular weight excluding hydrogens is 416 g/mol. The van der Waals surface area contributed by atoms with Crippen LogP contribution in [-0.4, -0.2) is 41.9 Å². The Labute approximate surface area is 187 Å². The number of carbonyl (C=O) groups is 2. The summed E-state index contributed by atoms with van der Waals surface area (Å²) >= 11 is 0. The Morgan fingerprint density at radius 1 is 0.938 bits per heavy atom. The third kappa shape index (κ3) is 6.64. The van der Waals surface area contributed by atoms with Gasteiger partial charge in [-0.15, -0.1) is 0 Å². The molecule has 172 valence electrons. The molecule has 0 fully saturated rings. The summed E-state index contributed by atoms with van der Waals surface area (Å²) in [5.74, 6) is -1.83. The van der Waals surface area contributed by atoms with Gasteiger partial charge in [-0.2, -0.15) is 0 Å². The molecule has 5 nitrogen and oxygen atoms in total. The SMILES string of the molecule is CCOc1cc(/C=C/C(=O)c2ccc(F)c(F)c2)ccc1OCC(=O)N(C(C)C)C(C)C. The van der Waals surface area contributed by atoms with E-state index < -0.39 is 17.4 Å². The smallest absolute Gasteiger partial charge is 0.260 e. The molecule has 0 N–H and O–H groups in total. The fourth-order valence-corrected chi connectivity index (χ4v) is 3.32. The molecule has 0 aromatic heterocycles. The Bertz CT molecular complexity index is 978. The van der Waals surface area contributed by atoms with E-state index in [1.807, 2.05) is 34.6 Å². The van der Waals surface area contributed by atoms with E-state index in [0.717, 1.165) is 12.1 Å². The molecule has 0 aliphatic carbocycles. The van der Waals surface area contributed by atoms with Gasteiger partial charge in [0.05, 0.1) is 6.61 Å². The number of rotatable bonds is 10. The van der Waals surface area contributed by atoms with Gasteiger partial charge in [-0.3, -0.25) is 9.59 Å². The van der Waals surface area contributed by atoms with Crippen LogP contribution in [0.2, 0.25) is 0 Å². The normalized spacial score (nSPS) is 11.3. The molecule has 0 saturated carbocycles. The van der Waals surface area contributed by atoms with Crippen LogP contribution in [-0.2, 0) is 4.79 Å². The second-order valence-electron chi connectivity index (χ2n) is 7.74. The number of ketones is 1. The summed E-state index contributed by atoms with van der Waals surface area (Å²) in [5.41, 5.74) is 0.692. The van der Waals surface area contributed by atoms with Gasteiger partial charge in [0.25, 0.3) is 5.91 Å². The highest BCUT2D eigenvalue weighted by Crippen LogP contribution is 2.29. The van der Waals surface area contributed by atoms with Gasteiger partial charge in [-0.1, -0.05) is 12.1 Å². The topological polar surface area (TPSA) is 55.8 Å². The fraction of sp³-hybridized carbons (Fsp3) is 0.360. The highest BCUT2D eigenvalue weighted by molar-refractivity contribution is 6.06. The van der Waals surface area contributed by atoms with E-state index in [2.05, 4.69) is 0 Å². The Hall–Kier alpha value is -3.22. The van der Waals surface area contributed by atoms with E-state index >= 15 is 0 Å². The van der Waals surface area contributed by atoms with Gasteiger partial charge in [0, 0.05) is 17.6 Å². The largest absolute Gasteiger partial charge is 0.490 e. The first-order valence-electron chi connectivity index (χ1n) is 10.5. The molecule has 0 bridgehead atoms. The molecule has 7 heteroatoms. The van der Waals surface area contributed by atoms with Crippen LogP contribution in [0.5, 0.6) is 11.5 Å².